The lowest BCUT2D eigenvalue weighted by Gasteiger charge is -2.07. The van der Waals surface area contributed by atoms with E-state index in [1.54, 1.807) is 0 Å². The first-order valence-electron chi connectivity index (χ1n) is 5.64. The predicted octanol–water partition coefficient (Wildman–Crippen LogP) is 1.55. The first-order valence-corrected chi connectivity index (χ1v) is 5.64. The molecule has 1 aromatic heterocycles. The number of methoxy groups -OCH3 is 1. The van der Waals surface area contributed by atoms with Crippen molar-refractivity contribution in [3.05, 3.63) is 36.2 Å². The molecule has 0 unspecified atom stereocenters. The Kier molecular flexibility index (Phi) is 3.61. The maximum Gasteiger partial charge on any atom is 0.360 e. The number of nitrogen functional groups attached to an aromatic ring is 1. The molecule has 6 nitrogen and oxygen atoms in total. The van der Waals surface area contributed by atoms with Gasteiger partial charge in [-0.1, -0.05) is 12.1 Å². The van der Waals surface area contributed by atoms with Crippen molar-refractivity contribution in [3.63, 3.8) is 0 Å². The zero-order chi connectivity index (χ0) is 13.8. The van der Waals surface area contributed by atoms with Crippen LogP contribution in [0.3, 0.4) is 0 Å². The Bertz CT molecular complexity index is 613. The van der Waals surface area contributed by atoms with E-state index in [0.717, 1.165) is 11.3 Å². The molecule has 0 radical (unpaired) electrons. The lowest BCUT2D eigenvalue weighted by Crippen LogP contribution is -2.10. The number of ether oxygens (including phenoxy) is 1. The third-order valence-electron chi connectivity index (χ3n) is 2.63. The van der Waals surface area contributed by atoms with Crippen LogP contribution in [0.1, 0.15) is 10.5 Å². The van der Waals surface area contributed by atoms with E-state index in [1.807, 2.05) is 31.3 Å². The fourth-order valence-corrected chi connectivity index (χ4v) is 1.62. The van der Waals surface area contributed by atoms with Gasteiger partial charge in [0.2, 0.25) is 0 Å². The summed E-state index contributed by atoms with van der Waals surface area (Å²) in [5.74, 6) is -0.544. The molecule has 0 fully saturated rings. The van der Waals surface area contributed by atoms with Gasteiger partial charge in [-0.2, -0.15) is 0 Å². The number of benzene rings is 1. The summed E-state index contributed by atoms with van der Waals surface area (Å²) in [4.78, 5) is 19.7. The van der Waals surface area contributed by atoms with E-state index in [0.29, 0.717) is 5.69 Å². The highest BCUT2D eigenvalue weighted by Gasteiger charge is 2.14. The van der Waals surface area contributed by atoms with E-state index in [9.17, 15) is 4.79 Å². The fraction of sp³-hybridized carbons (Fsp3) is 0.154. The van der Waals surface area contributed by atoms with Crippen molar-refractivity contribution < 1.29 is 9.53 Å². The maximum absolute atomic E-state index is 11.5. The van der Waals surface area contributed by atoms with Crippen LogP contribution in [0.15, 0.2) is 30.5 Å². The molecule has 1 heterocycles. The first kappa shape index (κ1) is 12.8. The van der Waals surface area contributed by atoms with Crippen molar-refractivity contribution in [2.45, 2.75) is 0 Å². The van der Waals surface area contributed by atoms with Gasteiger partial charge >= 0.3 is 5.97 Å². The molecule has 0 bridgehead atoms. The summed E-state index contributed by atoms with van der Waals surface area (Å²) in [6.45, 7) is 0. The smallest absolute Gasteiger partial charge is 0.360 e. The molecule has 0 aliphatic heterocycles. The number of carbonyl (C=O) groups is 1. The molecule has 0 amide bonds. The molecule has 19 heavy (non-hydrogen) atoms. The number of nitrogens with two attached hydrogens (primary N) is 1. The predicted molar refractivity (Wildman–Crippen MR) is 72.8 cm³/mol. The number of hydrogen-bond acceptors (Lipinski definition) is 6. The Morgan fingerprint density at radius 1 is 1.42 bits per heavy atom. The van der Waals surface area contributed by atoms with Crippen LogP contribution < -0.4 is 11.1 Å². The Morgan fingerprint density at radius 3 is 2.89 bits per heavy atom. The SMILES string of the molecule is CNc1cccc(-c2cnc(N)c(C(=O)OC)n2)c1. The van der Waals surface area contributed by atoms with Crippen molar-refractivity contribution in [1.29, 1.82) is 0 Å². The van der Waals surface area contributed by atoms with Crippen molar-refractivity contribution in [1.82, 2.24) is 9.97 Å². The summed E-state index contributed by atoms with van der Waals surface area (Å²) in [6.07, 6.45) is 1.52. The van der Waals surface area contributed by atoms with E-state index in [2.05, 4.69) is 20.0 Å². The molecular weight excluding hydrogens is 244 g/mol. The molecule has 0 atom stereocenters. The summed E-state index contributed by atoms with van der Waals surface area (Å²) in [7, 11) is 3.10. The second-order valence-corrected chi connectivity index (χ2v) is 3.81. The van der Waals surface area contributed by atoms with Crippen molar-refractivity contribution in [2.24, 2.45) is 0 Å². The molecular formula is C13H14N4O2. The van der Waals surface area contributed by atoms with Gasteiger partial charge in [-0.3, -0.25) is 0 Å². The highest BCUT2D eigenvalue weighted by atomic mass is 16.5. The number of nitrogens with zero attached hydrogens (tertiary/aromatic N) is 2. The highest BCUT2D eigenvalue weighted by Crippen LogP contribution is 2.21. The van der Waals surface area contributed by atoms with Gasteiger partial charge < -0.3 is 15.8 Å². The van der Waals surface area contributed by atoms with Gasteiger partial charge in [0.15, 0.2) is 11.5 Å². The van der Waals surface area contributed by atoms with Gasteiger partial charge in [0.1, 0.15) is 0 Å². The van der Waals surface area contributed by atoms with Crippen LogP contribution in [0.25, 0.3) is 11.3 Å². The van der Waals surface area contributed by atoms with E-state index in [-0.39, 0.29) is 11.5 Å². The molecule has 3 N–H and O–H groups in total. The summed E-state index contributed by atoms with van der Waals surface area (Å²) in [6, 6.07) is 7.59. The van der Waals surface area contributed by atoms with E-state index >= 15 is 0 Å². The fourth-order valence-electron chi connectivity index (χ4n) is 1.62. The van der Waals surface area contributed by atoms with Crippen molar-refractivity contribution in [2.75, 3.05) is 25.2 Å². The summed E-state index contributed by atoms with van der Waals surface area (Å²) < 4.78 is 4.62. The minimum absolute atomic E-state index is 0.0230. The molecule has 0 spiro atoms. The van der Waals surface area contributed by atoms with Gasteiger partial charge in [0.25, 0.3) is 0 Å². The number of nitrogens with one attached hydrogen (secondary N) is 1. The van der Waals surface area contributed by atoms with E-state index in [4.69, 9.17) is 5.73 Å². The maximum atomic E-state index is 11.5. The van der Waals surface area contributed by atoms with Gasteiger partial charge in [-0.15, -0.1) is 0 Å². The van der Waals surface area contributed by atoms with Crippen LogP contribution in [0.4, 0.5) is 11.5 Å². The zero-order valence-corrected chi connectivity index (χ0v) is 10.7. The third kappa shape index (κ3) is 2.62. The average Bonchev–Trinajstić information content (AvgIpc) is 2.47. The van der Waals surface area contributed by atoms with Crippen LogP contribution in [0.2, 0.25) is 0 Å². The van der Waals surface area contributed by atoms with Crippen LogP contribution >= 0.6 is 0 Å². The largest absolute Gasteiger partial charge is 0.464 e. The topological polar surface area (TPSA) is 90.1 Å². The lowest BCUT2D eigenvalue weighted by molar-refractivity contribution is 0.0595. The molecule has 0 saturated heterocycles. The van der Waals surface area contributed by atoms with E-state index in [1.165, 1.54) is 13.3 Å². The van der Waals surface area contributed by atoms with Gasteiger partial charge in [-0.05, 0) is 12.1 Å². The number of aromatic nitrogens is 2. The molecule has 0 saturated carbocycles. The number of rotatable bonds is 3. The molecule has 2 aromatic rings. The minimum Gasteiger partial charge on any atom is -0.464 e. The van der Waals surface area contributed by atoms with Crippen molar-refractivity contribution in [3.8, 4) is 11.3 Å². The number of carbonyl (C=O) groups excluding carboxylic acids is 1. The van der Waals surface area contributed by atoms with Crippen LogP contribution in [-0.2, 0) is 4.74 Å². The van der Waals surface area contributed by atoms with Gasteiger partial charge in [0.05, 0.1) is 19.0 Å². The molecule has 1 aromatic carbocycles. The standard InChI is InChI=1S/C13H14N4O2/c1-15-9-5-3-4-8(6-9)10-7-16-12(14)11(17-10)13(18)19-2/h3-7,15H,1-2H3,(H2,14,16). The highest BCUT2D eigenvalue weighted by molar-refractivity contribution is 5.92. The molecule has 0 aliphatic rings. The normalized spacial score (nSPS) is 10.0. The quantitative estimate of drug-likeness (QED) is 0.812. The van der Waals surface area contributed by atoms with Gasteiger partial charge in [-0.25, -0.2) is 14.8 Å². The average molecular weight is 258 g/mol. The third-order valence-corrected chi connectivity index (χ3v) is 2.63. The summed E-state index contributed by atoms with van der Waals surface area (Å²) in [5, 5.41) is 3.03. The zero-order valence-electron chi connectivity index (χ0n) is 10.7. The summed E-state index contributed by atoms with van der Waals surface area (Å²) >= 11 is 0. The molecule has 98 valence electrons. The van der Waals surface area contributed by atoms with Crippen molar-refractivity contribution >= 4 is 17.5 Å². The molecule has 2 rings (SSSR count). The first-order chi connectivity index (χ1) is 9.15. The second-order valence-electron chi connectivity index (χ2n) is 3.81. The van der Waals surface area contributed by atoms with Crippen LogP contribution in [0, 0.1) is 0 Å². The monoisotopic (exact) mass is 258 g/mol. The lowest BCUT2D eigenvalue weighted by atomic mass is 10.1. The summed E-state index contributed by atoms with van der Waals surface area (Å²) in [5.41, 5.74) is 7.98. The number of esters is 1. The van der Waals surface area contributed by atoms with Gasteiger partial charge in [0, 0.05) is 18.3 Å². The van der Waals surface area contributed by atoms with E-state index < -0.39 is 5.97 Å². The Morgan fingerprint density at radius 2 is 2.21 bits per heavy atom. The Labute approximate surface area is 110 Å². The Hall–Kier alpha value is -2.63. The van der Waals surface area contributed by atoms with Crippen LogP contribution in [0.5, 0.6) is 0 Å². The second kappa shape index (κ2) is 5.34. The molecule has 0 aliphatic carbocycles. The number of hydrogen-bond donors (Lipinski definition) is 2. The van der Waals surface area contributed by atoms with Crippen LogP contribution in [-0.4, -0.2) is 30.1 Å². The number of anilines is 2. The molecule has 6 heteroatoms. The Balaban J connectivity index is 2.48. The minimum atomic E-state index is -0.600.